The van der Waals surface area contributed by atoms with Crippen LogP contribution in [0.1, 0.15) is 34.6 Å². The van der Waals surface area contributed by atoms with Gasteiger partial charge in [0.15, 0.2) is 5.69 Å². The molecule has 1 aliphatic rings. The topological polar surface area (TPSA) is 76.4 Å². The summed E-state index contributed by atoms with van der Waals surface area (Å²) in [6.07, 6.45) is 2.24. The molecular weight excluding hydrogens is 325 g/mol. The van der Waals surface area contributed by atoms with Crippen molar-refractivity contribution < 1.29 is 19.0 Å². The van der Waals surface area contributed by atoms with Crippen molar-refractivity contribution in [3.8, 4) is 5.69 Å². The first kappa shape index (κ1) is 17.6. The van der Waals surface area contributed by atoms with Crippen molar-refractivity contribution in [2.24, 2.45) is 0 Å². The number of benzene rings is 1. The van der Waals surface area contributed by atoms with Crippen LogP contribution in [0.25, 0.3) is 5.69 Å². The van der Waals surface area contributed by atoms with E-state index >= 15 is 0 Å². The summed E-state index contributed by atoms with van der Waals surface area (Å²) in [5.41, 5.74) is 2.49. The first-order valence-corrected chi connectivity index (χ1v) is 8.42. The fraction of sp³-hybridized carbons (Fsp3) is 0.444. The van der Waals surface area contributed by atoms with E-state index < -0.39 is 6.10 Å². The number of hydrogen-bond donors (Lipinski definition) is 2. The number of fused-ring (bicyclic) bond motifs is 1. The van der Waals surface area contributed by atoms with Gasteiger partial charge >= 0.3 is 0 Å². The minimum atomic E-state index is -0.619. The zero-order chi connectivity index (χ0) is 17.8. The predicted molar refractivity (Wildman–Crippen MR) is 90.4 cm³/mol. The number of ether oxygens (including phenoxy) is 1. The Morgan fingerprint density at radius 3 is 3.00 bits per heavy atom. The molecule has 1 aromatic heterocycles. The van der Waals surface area contributed by atoms with Crippen molar-refractivity contribution in [2.75, 3.05) is 20.3 Å². The molecule has 3 rings (SSSR count). The van der Waals surface area contributed by atoms with E-state index in [0.29, 0.717) is 24.3 Å². The number of carbonyl (C=O) groups excluding carboxylic acids is 1. The summed E-state index contributed by atoms with van der Waals surface area (Å²) < 4.78 is 20.5. The molecule has 0 fully saturated rings. The van der Waals surface area contributed by atoms with Crippen LogP contribution in [0.3, 0.4) is 0 Å². The lowest BCUT2D eigenvalue weighted by Crippen LogP contribution is -2.29. The Labute approximate surface area is 145 Å². The van der Waals surface area contributed by atoms with Crippen LogP contribution in [-0.2, 0) is 17.6 Å². The van der Waals surface area contributed by atoms with Gasteiger partial charge in [-0.2, -0.15) is 5.10 Å². The Kier molecular flexibility index (Phi) is 5.45. The fourth-order valence-electron chi connectivity index (χ4n) is 3.15. The van der Waals surface area contributed by atoms with E-state index in [1.165, 1.54) is 13.2 Å². The second-order valence-electron chi connectivity index (χ2n) is 6.14. The van der Waals surface area contributed by atoms with Gasteiger partial charge in [0.25, 0.3) is 5.91 Å². The molecule has 1 unspecified atom stereocenters. The smallest absolute Gasteiger partial charge is 0.272 e. The van der Waals surface area contributed by atoms with Crippen LogP contribution in [0.2, 0.25) is 0 Å². The number of nitrogens with one attached hydrogen (secondary N) is 1. The number of aromatic nitrogens is 2. The number of aliphatic hydroxyl groups excluding tert-OH is 1. The summed E-state index contributed by atoms with van der Waals surface area (Å²) in [7, 11) is 1.51. The molecule has 1 heterocycles. The third kappa shape index (κ3) is 3.72. The quantitative estimate of drug-likeness (QED) is 0.798. The molecule has 1 aromatic carbocycles. The third-order valence-electron chi connectivity index (χ3n) is 4.35. The van der Waals surface area contributed by atoms with Crippen LogP contribution in [0.15, 0.2) is 24.3 Å². The number of rotatable bonds is 7. The standard InChI is InChI=1S/C18H22FN3O3/c1-25-11-12(23)9-10-20-18(24)17-13-5-4-8-15(13)22(21-17)16-7-3-2-6-14(16)19/h2-3,6-7,12,23H,4-5,8-11H2,1H3,(H,20,24). The molecule has 0 saturated heterocycles. The molecule has 134 valence electrons. The van der Waals surface area contributed by atoms with Gasteiger partial charge in [-0.05, 0) is 37.8 Å². The lowest BCUT2D eigenvalue weighted by Gasteiger charge is -2.09. The van der Waals surface area contributed by atoms with Gasteiger partial charge in [-0.3, -0.25) is 4.79 Å². The van der Waals surface area contributed by atoms with Crippen molar-refractivity contribution in [3.63, 3.8) is 0 Å². The van der Waals surface area contributed by atoms with Gasteiger partial charge in [0.05, 0.1) is 12.7 Å². The average Bonchev–Trinajstić information content (AvgIpc) is 3.18. The van der Waals surface area contributed by atoms with Crippen molar-refractivity contribution in [3.05, 3.63) is 47.0 Å². The zero-order valence-corrected chi connectivity index (χ0v) is 14.2. The number of nitrogens with zero attached hydrogens (tertiary/aromatic N) is 2. The largest absolute Gasteiger partial charge is 0.391 e. The molecule has 1 atom stereocenters. The summed E-state index contributed by atoms with van der Waals surface area (Å²) in [6.45, 7) is 0.553. The van der Waals surface area contributed by atoms with E-state index in [-0.39, 0.29) is 18.3 Å². The highest BCUT2D eigenvalue weighted by atomic mass is 19.1. The molecule has 0 bridgehead atoms. The molecular formula is C18H22FN3O3. The molecule has 6 nitrogen and oxygen atoms in total. The van der Waals surface area contributed by atoms with Crippen molar-refractivity contribution in [1.82, 2.24) is 15.1 Å². The van der Waals surface area contributed by atoms with E-state index in [1.54, 1.807) is 22.9 Å². The van der Waals surface area contributed by atoms with Gasteiger partial charge in [0.2, 0.25) is 0 Å². The van der Waals surface area contributed by atoms with E-state index in [4.69, 9.17) is 4.74 Å². The van der Waals surface area contributed by atoms with Crippen molar-refractivity contribution in [2.45, 2.75) is 31.8 Å². The zero-order valence-electron chi connectivity index (χ0n) is 14.2. The number of halogens is 1. The van der Waals surface area contributed by atoms with Gasteiger partial charge in [-0.1, -0.05) is 12.1 Å². The van der Waals surface area contributed by atoms with E-state index in [9.17, 15) is 14.3 Å². The van der Waals surface area contributed by atoms with E-state index in [0.717, 1.165) is 30.5 Å². The molecule has 7 heteroatoms. The van der Waals surface area contributed by atoms with E-state index in [1.807, 2.05) is 0 Å². The van der Waals surface area contributed by atoms with Crippen molar-refractivity contribution >= 4 is 5.91 Å². The molecule has 2 N–H and O–H groups in total. The van der Waals surface area contributed by atoms with Crippen LogP contribution in [0.4, 0.5) is 4.39 Å². The van der Waals surface area contributed by atoms with Gasteiger partial charge in [0.1, 0.15) is 11.5 Å². The number of methoxy groups -OCH3 is 1. The minimum absolute atomic E-state index is 0.229. The Morgan fingerprint density at radius 1 is 1.44 bits per heavy atom. The summed E-state index contributed by atoms with van der Waals surface area (Å²) >= 11 is 0. The van der Waals surface area contributed by atoms with E-state index in [2.05, 4.69) is 10.4 Å². The molecule has 1 aliphatic carbocycles. The van der Waals surface area contributed by atoms with Crippen LogP contribution in [0.5, 0.6) is 0 Å². The predicted octanol–water partition coefficient (Wildman–Crippen LogP) is 1.63. The number of aliphatic hydroxyl groups is 1. The first-order valence-electron chi connectivity index (χ1n) is 8.42. The molecule has 0 saturated carbocycles. The van der Waals surface area contributed by atoms with Gasteiger partial charge in [-0.25, -0.2) is 9.07 Å². The minimum Gasteiger partial charge on any atom is -0.391 e. The Bertz CT molecular complexity index is 760. The summed E-state index contributed by atoms with van der Waals surface area (Å²) in [6, 6.07) is 6.42. The molecule has 0 radical (unpaired) electrons. The number of hydrogen-bond acceptors (Lipinski definition) is 4. The summed E-state index contributed by atoms with van der Waals surface area (Å²) in [5.74, 6) is -0.660. The highest BCUT2D eigenvalue weighted by Crippen LogP contribution is 2.28. The summed E-state index contributed by atoms with van der Waals surface area (Å²) in [5, 5.41) is 16.8. The lowest BCUT2D eigenvalue weighted by atomic mass is 10.2. The molecule has 2 aromatic rings. The monoisotopic (exact) mass is 347 g/mol. The fourth-order valence-corrected chi connectivity index (χ4v) is 3.15. The van der Waals surface area contributed by atoms with Crippen LogP contribution in [-0.4, -0.2) is 47.2 Å². The Hall–Kier alpha value is -2.25. The Morgan fingerprint density at radius 2 is 2.24 bits per heavy atom. The van der Waals surface area contributed by atoms with Crippen LogP contribution >= 0.6 is 0 Å². The number of amides is 1. The summed E-state index contributed by atoms with van der Waals surface area (Å²) in [4.78, 5) is 12.5. The Balaban J connectivity index is 1.78. The number of carbonyl (C=O) groups is 1. The lowest BCUT2D eigenvalue weighted by molar-refractivity contribution is 0.0587. The molecule has 0 spiro atoms. The molecule has 1 amide bonds. The normalized spacial score (nSPS) is 14.4. The third-order valence-corrected chi connectivity index (χ3v) is 4.35. The van der Waals surface area contributed by atoms with Crippen LogP contribution < -0.4 is 5.32 Å². The molecule has 25 heavy (non-hydrogen) atoms. The van der Waals surface area contributed by atoms with Crippen LogP contribution in [0, 0.1) is 5.82 Å². The maximum Gasteiger partial charge on any atom is 0.272 e. The highest BCUT2D eigenvalue weighted by molar-refractivity contribution is 5.94. The average molecular weight is 347 g/mol. The molecule has 0 aliphatic heterocycles. The first-order chi connectivity index (χ1) is 12.1. The second-order valence-corrected chi connectivity index (χ2v) is 6.14. The highest BCUT2D eigenvalue weighted by Gasteiger charge is 2.27. The SMILES string of the molecule is COCC(O)CCNC(=O)c1nn(-c2ccccc2F)c2c1CCC2. The number of para-hydroxylation sites is 1. The second kappa shape index (κ2) is 7.76. The van der Waals surface area contributed by atoms with Gasteiger partial charge < -0.3 is 15.2 Å². The van der Waals surface area contributed by atoms with Gasteiger partial charge in [-0.15, -0.1) is 0 Å². The van der Waals surface area contributed by atoms with Gasteiger partial charge in [0, 0.05) is 24.9 Å². The maximum atomic E-state index is 14.1. The maximum absolute atomic E-state index is 14.1. The van der Waals surface area contributed by atoms with Crippen molar-refractivity contribution in [1.29, 1.82) is 0 Å².